The van der Waals surface area contributed by atoms with Crippen LogP contribution in [0.1, 0.15) is 201 Å². The molecule has 0 bridgehead atoms. The number of unbranched alkanes of at least 4 members (excludes halogenated alkanes) is 17. The molecule has 4 N–H and O–H groups in total. The maximum atomic E-state index is 11.8. The lowest BCUT2D eigenvalue weighted by molar-refractivity contribution is -0.202. The Morgan fingerprint density at radius 1 is 0.735 bits per heavy atom. The SMILES string of the molecule is CCCCCCCCCCCCCCCCCCCCN[C@H]1CC[C@@]2(C)[C@@H](C1)C[C@@H](O)[C@@H]1[C@@H]2C[C@H](O)[C@]2(C)[C@@H](C(C)CCC(=O)O)CC[C@@H]12. The predicted octanol–water partition coefficient (Wildman–Crippen LogP) is 11.1. The van der Waals surface area contributed by atoms with Crippen LogP contribution < -0.4 is 5.32 Å². The molecule has 5 nitrogen and oxygen atoms in total. The quantitative estimate of drug-likeness (QED) is 0.0758. The minimum absolute atomic E-state index is 0.199. The van der Waals surface area contributed by atoms with Crippen molar-refractivity contribution >= 4 is 5.97 Å². The van der Waals surface area contributed by atoms with Gasteiger partial charge in [0, 0.05) is 12.5 Å². The first-order chi connectivity index (χ1) is 23.6. The third-order valence-corrected chi connectivity index (χ3v) is 15.3. The molecule has 0 aliphatic heterocycles. The summed E-state index contributed by atoms with van der Waals surface area (Å²) < 4.78 is 0. The topological polar surface area (TPSA) is 89.8 Å². The molecular weight excluding hydrogens is 606 g/mol. The summed E-state index contributed by atoms with van der Waals surface area (Å²) in [5.41, 5.74) is -0.0145. The van der Waals surface area contributed by atoms with Crippen molar-refractivity contribution in [2.75, 3.05) is 6.54 Å². The van der Waals surface area contributed by atoms with Crippen LogP contribution in [-0.2, 0) is 4.79 Å². The van der Waals surface area contributed by atoms with Crippen molar-refractivity contribution in [1.82, 2.24) is 5.32 Å². The molecule has 4 fully saturated rings. The molecule has 5 heteroatoms. The Morgan fingerprint density at radius 2 is 1.29 bits per heavy atom. The van der Waals surface area contributed by atoms with Gasteiger partial charge in [0.15, 0.2) is 0 Å². The van der Waals surface area contributed by atoms with Gasteiger partial charge in [-0.3, -0.25) is 4.79 Å². The summed E-state index contributed by atoms with van der Waals surface area (Å²) >= 11 is 0. The van der Waals surface area contributed by atoms with Gasteiger partial charge >= 0.3 is 5.97 Å². The van der Waals surface area contributed by atoms with Gasteiger partial charge in [0.2, 0.25) is 0 Å². The first kappa shape index (κ1) is 41.1. The van der Waals surface area contributed by atoms with Gasteiger partial charge in [0.25, 0.3) is 0 Å². The highest BCUT2D eigenvalue weighted by Gasteiger charge is 2.65. The fourth-order valence-electron chi connectivity index (χ4n) is 12.2. The molecule has 49 heavy (non-hydrogen) atoms. The lowest BCUT2D eigenvalue weighted by Crippen LogP contribution is -2.62. The van der Waals surface area contributed by atoms with Crippen LogP contribution in [0.4, 0.5) is 0 Å². The fraction of sp³-hybridized carbons (Fsp3) is 0.977. The molecule has 4 saturated carbocycles. The number of carboxylic acids is 1. The summed E-state index contributed by atoms with van der Waals surface area (Å²) in [6.45, 7) is 10.4. The van der Waals surface area contributed by atoms with Crippen molar-refractivity contribution in [3.63, 3.8) is 0 Å². The molecule has 0 heterocycles. The van der Waals surface area contributed by atoms with Gasteiger partial charge in [-0.1, -0.05) is 137 Å². The normalized spacial score (nSPS) is 36.2. The van der Waals surface area contributed by atoms with Crippen molar-refractivity contribution in [1.29, 1.82) is 0 Å². The Balaban J connectivity index is 1.07. The van der Waals surface area contributed by atoms with Crippen LogP contribution in [0.15, 0.2) is 0 Å². The van der Waals surface area contributed by atoms with Gasteiger partial charge in [0.1, 0.15) is 0 Å². The van der Waals surface area contributed by atoms with E-state index in [1.54, 1.807) is 0 Å². The van der Waals surface area contributed by atoms with Crippen LogP contribution in [0, 0.1) is 46.3 Å². The molecule has 4 aliphatic carbocycles. The van der Waals surface area contributed by atoms with Crippen molar-refractivity contribution in [3.8, 4) is 0 Å². The lowest BCUT2D eigenvalue weighted by atomic mass is 9.43. The number of fused-ring (bicyclic) bond motifs is 5. The second-order valence-corrected chi connectivity index (χ2v) is 18.4. The summed E-state index contributed by atoms with van der Waals surface area (Å²) in [6.07, 6.45) is 33.2. The Kier molecular flexibility index (Phi) is 17.2. The van der Waals surface area contributed by atoms with Crippen LogP contribution in [0.25, 0.3) is 0 Å². The van der Waals surface area contributed by atoms with E-state index in [9.17, 15) is 20.1 Å². The standard InChI is InChI=1S/C44H81NO4/c1-5-6-7-8-9-10-11-12-13-14-15-16-17-18-19-20-21-22-29-45-35-27-28-43(3)34(30-35)31-39(46)42-37-25-24-36(33(2)23-26-41(48)49)44(37,4)40(47)32-38(42)43/h33-40,42,45-47H,5-32H2,1-4H3,(H,48,49)/t33?,34-,35-,36+,37-,38-,39+,40-,42-,43-,44+/m0/s1. The van der Waals surface area contributed by atoms with E-state index in [0.29, 0.717) is 36.1 Å². The molecule has 0 saturated heterocycles. The molecule has 0 spiro atoms. The Bertz CT molecular complexity index is 942. The zero-order valence-corrected chi connectivity index (χ0v) is 32.7. The highest BCUT2D eigenvalue weighted by atomic mass is 16.4. The number of aliphatic hydroxyl groups excluding tert-OH is 2. The van der Waals surface area contributed by atoms with Crippen LogP contribution in [0.2, 0.25) is 0 Å². The van der Waals surface area contributed by atoms with Crippen LogP contribution in [0.3, 0.4) is 0 Å². The largest absolute Gasteiger partial charge is 0.481 e. The van der Waals surface area contributed by atoms with Crippen molar-refractivity contribution < 1.29 is 20.1 Å². The highest BCUT2D eigenvalue weighted by Crippen LogP contribution is 2.68. The van der Waals surface area contributed by atoms with E-state index in [1.165, 1.54) is 135 Å². The van der Waals surface area contributed by atoms with E-state index in [4.69, 9.17) is 0 Å². The Morgan fingerprint density at radius 3 is 1.84 bits per heavy atom. The monoisotopic (exact) mass is 688 g/mol. The van der Waals surface area contributed by atoms with E-state index in [2.05, 4.69) is 33.0 Å². The van der Waals surface area contributed by atoms with E-state index >= 15 is 0 Å². The van der Waals surface area contributed by atoms with E-state index in [-0.39, 0.29) is 41.3 Å². The van der Waals surface area contributed by atoms with Gasteiger partial charge in [0.05, 0.1) is 12.2 Å². The summed E-state index contributed by atoms with van der Waals surface area (Å²) in [6, 6.07) is 0.567. The fourth-order valence-corrected chi connectivity index (χ4v) is 12.2. The number of hydrogen-bond donors (Lipinski definition) is 4. The lowest BCUT2D eigenvalue weighted by Gasteiger charge is -2.63. The minimum Gasteiger partial charge on any atom is -0.481 e. The summed E-state index contributed by atoms with van der Waals surface area (Å²) in [5.74, 6) is 1.42. The van der Waals surface area contributed by atoms with E-state index in [1.807, 2.05) is 0 Å². The molecule has 4 rings (SSSR count). The molecule has 4 aliphatic rings. The summed E-state index contributed by atoms with van der Waals surface area (Å²) in [7, 11) is 0. The maximum absolute atomic E-state index is 11.8. The Hall–Kier alpha value is -0.650. The molecule has 0 aromatic carbocycles. The zero-order valence-electron chi connectivity index (χ0n) is 32.7. The van der Waals surface area contributed by atoms with E-state index < -0.39 is 5.97 Å². The molecule has 0 amide bonds. The van der Waals surface area contributed by atoms with Crippen molar-refractivity contribution in [2.24, 2.45) is 46.3 Å². The number of aliphatic carboxylic acids is 1. The number of rotatable bonds is 24. The number of aliphatic hydroxyl groups is 2. The molecule has 1 unspecified atom stereocenters. The minimum atomic E-state index is -0.724. The average Bonchev–Trinajstić information content (AvgIpc) is 3.44. The highest BCUT2D eigenvalue weighted by molar-refractivity contribution is 5.66. The zero-order chi connectivity index (χ0) is 35.3. The first-order valence-corrected chi connectivity index (χ1v) is 21.9. The number of carboxylic acid groups (broad SMARTS) is 1. The molecule has 0 radical (unpaired) electrons. The number of nitrogens with one attached hydrogen (secondary N) is 1. The smallest absolute Gasteiger partial charge is 0.303 e. The first-order valence-electron chi connectivity index (χ1n) is 21.9. The predicted molar refractivity (Wildman–Crippen MR) is 205 cm³/mol. The summed E-state index contributed by atoms with van der Waals surface area (Å²) in [4.78, 5) is 11.3. The van der Waals surface area contributed by atoms with Gasteiger partial charge in [-0.2, -0.15) is 0 Å². The molecule has 11 atom stereocenters. The summed E-state index contributed by atoms with van der Waals surface area (Å²) in [5, 5.41) is 36.8. The van der Waals surface area contributed by atoms with E-state index in [0.717, 1.165) is 32.2 Å². The third kappa shape index (κ3) is 10.9. The van der Waals surface area contributed by atoms with Crippen LogP contribution in [0.5, 0.6) is 0 Å². The molecule has 0 aromatic heterocycles. The Labute approximate surface area is 303 Å². The second-order valence-electron chi connectivity index (χ2n) is 18.4. The average molecular weight is 688 g/mol. The third-order valence-electron chi connectivity index (χ3n) is 15.3. The van der Waals surface area contributed by atoms with Crippen LogP contribution >= 0.6 is 0 Å². The van der Waals surface area contributed by atoms with Crippen LogP contribution in [-0.4, -0.2) is 46.1 Å². The number of hydrogen-bond acceptors (Lipinski definition) is 4. The van der Waals surface area contributed by atoms with Gasteiger partial charge in [-0.15, -0.1) is 0 Å². The number of carbonyl (C=O) groups is 1. The van der Waals surface area contributed by atoms with Gasteiger partial charge in [-0.05, 0) is 111 Å². The molecule has 0 aromatic rings. The van der Waals surface area contributed by atoms with Crippen molar-refractivity contribution in [3.05, 3.63) is 0 Å². The van der Waals surface area contributed by atoms with Gasteiger partial charge < -0.3 is 20.6 Å². The molecular formula is C44H81NO4. The van der Waals surface area contributed by atoms with Crippen molar-refractivity contribution in [2.45, 2.75) is 219 Å². The second kappa shape index (κ2) is 20.6. The molecule has 286 valence electrons. The maximum Gasteiger partial charge on any atom is 0.303 e. The van der Waals surface area contributed by atoms with Gasteiger partial charge in [-0.25, -0.2) is 0 Å².